The summed E-state index contributed by atoms with van der Waals surface area (Å²) >= 11 is 0. The molecule has 0 spiro atoms. The Labute approximate surface area is 104 Å². The zero-order chi connectivity index (χ0) is 13.1. The van der Waals surface area contributed by atoms with Crippen LogP contribution in [0, 0.1) is 24.1 Å². The molecule has 0 saturated heterocycles. The average molecular weight is 242 g/mol. The third-order valence-electron chi connectivity index (χ3n) is 2.46. The van der Waals surface area contributed by atoms with Crippen LogP contribution in [0.15, 0.2) is 30.5 Å². The third-order valence-corrected chi connectivity index (χ3v) is 2.46. The Morgan fingerprint density at radius 2 is 2.17 bits per heavy atom. The number of aryl methyl sites for hydroxylation is 1. The quantitative estimate of drug-likeness (QED) is 0.849. The summed E-state index contributed by atoms with van der Waals surface area (Å²) in [7, 11) is 0. The first-order valence-electron chi connectivity index (χ1n) is 5.29. The lowest BCUT2D eigenvalue weighted by atomic mass is 10.2. The number of nitrogens with two attached hydrogens (primary N) is 1. The number of benzene rings is 1. The van der Waals surface area contributed by atoms with Crippen LogP contribution in [0.5, 0.6) is 0 Å². The molecule has 0 fully saturated rings. The van der Waals surface area contributed by atoms with Gasteiger partial charge < -0.3 is 11.1 Å². The Bertz CT molecular complexity index is 631. The molecule has 0 amide bonds. The van der Waals surface area contributed by atoms with Crippen LogP contribution in [0.25, 0.3) is 0 Å². The second-order valence-electron chi connectivity index (χ2n) is 3.87. The first-order valence-corrected chi connectivity index (χ1v) is 5.29. The van der Waals surface area contributed by atoms with Gasteiger partial charge in [-0.2, -0.15) is 5.26 Å². The SMILES string of the molecule is Cc1ccc(Nc2ncc(N)cc2C#N)cc1F. The molecule has 0 atom stereocenters. The van der Waals surface area contributed by atoms with Crippen molar-refractivity contribution in [3.8, 4) is 6.07 Å². The Morgan fingerprint density at radius 1 is 1.39 bits per heavy atom. The summed E-state index contributed by atoms with van der Waals surface area (Å²) in [5, 5.41) is 11.8. The average Bonchev–Trinajstić information content (AvgIpc) is 2.36. The molecule has 0 aliphatic carbocycles. The Kier molecular flexibility index (Phi) is 3.11. The molecule has 18 heavy (non-hydrogen) atoms. The number of hydrogen-bond donors (Lipinski definition) is 2. The van der Waals surface area contributed by atoms with E-state index < -0.39 is 0 Å². The summed E-state index contributed by atoms with van der Waals surface area (Å²) < 4.78 is 13.4. The molecule has 90 valence electrons. The molecule has 1 heterocycles. The van der Waals surface area contributed by atoms with Gasteiger partial charge in [0.15, 0.2) is 0 Å². The summed E-state index contributed by atoms with van der Waals surface area (Å²) in [6.45, 7) is 1.68. The first-order chi connectivity index (χ1) is 8.60. The highest BCUT2D eigenvalue weighted by atomic mass is 19.1. The van der Waals surface area contributed by atoms with Crippen molar-refractivity contribution in [2.45, 2.75) is 6.92 Å². The van der Waals surface area contributed by atoms with Gasteiger partial charge in [0.1, 0.15) is 17.7 Å². The summed E-state index contributed by atoms with van der Waals surface area (Å²) in [4.78, 5) is 4.02. The van der Waals surface area contributed by atoms with Gasteiger partial charge in [-0.3, -0.25) is 0 Å². The van der Waals surface area contributed by atoms with Gasteiger partial charge in [0, 0.05) is 5.69 Å². The van der Waals surface area contributed by atoms with Crippen molar-refractivity contribution in [3.63, 3.8) is 0 Å². The summed E-state index contributed by atoms with van der Waals surface area (Å²) in [6.07, 6.45) is 1.44. The van der Waals surface area contributed by atoms with Crippen LogP contribution in [-0.2, 0) is 0 Å². The van der Waals surface area contributed by atoms with E-state index in [-0.39, 0.29) is 5.82 Å². The second-order valence-corrected chi connectivity index (χ2v) is 3.87. The van der Waals surface area contributed by atoms with Crippen molar-refractivity contribution in [2.24, 2.45) is 0 Å². The normalized spacial score (nSPS) is 9.83. The molecule has 1 aromatic heterocycles. The highest BCUT2D eigenvalue weighted by Crippen LogP contribution is 2.21. The van der Waals surface area contributed by atoms with Crippen LogP contribution in [0.4, 0.5) is 21.6 Å². The fraction of sp³-hybridized carbons (Fsp3) is 0.0769. The predicted octanol–water partition coefficient (Wildman–Crippen LogP) is 2.73. The molecule has 0 bridgehead atoms. The van der Waals surface area contributed by atoms with E-state index in [4.69, 9.17) is 11.0 Å². The van der Waals surface area contributed by atoms with E-state index in [1.54, 1.807) is 19.1 Å². The topological polar surface area (TPSA) is 74.7 Å². The molecule has 5 heteroatoms. The predicted molar refractivity (Wildman–Crippen MR) is 67.8 cm³/mol. The minimum absolute atomic E-state index is 0.311. The van der Waals surface area contributed by atoms with Crippen LogP contribution in [-0.4, -0.2) is 4.98 Å². The molecular weight excluding hydrogens is 231 g/mol. The lowest BCUT2D eigenvalue weighted by Gasteiger charge is -2.08. The van der Waals surface area contributed by atoms with Gasteiger partial charge in [0.2, 0.25) is 0 Å². The van der Waals surface area contributed by atoms with E-state index in [1.165, 1.54) is 18.3 Å². The van der Waals surface area contributed by atoms with E-state index in [0.717, 1.165) is 0 Å². The van der Waals surface area contributed by atoms with Crippen molar-refractivity contribution in [2.75, 3.05) is 11.1 Å². The first kappa shape index (κ1) is 11.9. The number of halogens is 1. The lowest BCUT2D eigenvalue weighted by Crippen LogP contribution is -1.99. The van der Waals surface area contributed by atoms with E-state index in [0.29, 0.717) is 28.3 Å². The van der Waals surface area contributed by atoms with Gasteiger partial charge in [-0.1, -0.05) is 6.07 Å². The molecule has 2 rings (SSSR count). The molecule has 2 aromatic rings. The number of nitrogens with one attached hydrogen (secondary N) is 1. The van der Waals surface area contributed by atoms with Crippen LogP contribution in [0.1, 0.15) is 11.1 Å². The molecule has 1 aromatic carbocycles. The zero-order valence-electron chi connectivity index (χ0n) is 9.74. The fourth-order valence-corrected chi connectivity index (χ4v) is 1.47. The van der Waals surface area contributed by atoms with Crippen molar-refractivity contribution in [3.05, 3.63) is 47.4 Å². The number of nitrogen functional groups attached to an aromatic ring is 1. The fourth-order valence-electron chi connectivity index (χ4n) is 1.47. The summed E-state index contributed by atoms with van der Waals surface area (Å²) in [5.74, 6) is 0.0453. The van der Waals surface area contributed by atoms with E-state index in [2.05, 4.69) is 10.3 Å². The largest absolute Gasteiger partial charge is 0.397 e. The highest BCUT2D eigenvalue weighted by Gasteiger charge is 2.06. The maximum Gasteiger partial charge on any atom is 0.148 e. The smallest absolute Gasteiger partial charge is 0.148 e. The van der Waals surface area contributed by atoms with Gasteiger partial charge in [-0.25, -0.2) is 9.37 Å². The van der Waals surface area contributed by atoms with Crippen LogP contribution in [0.3, 0.4) is 0 Å². The van der Waals surface area contributed by atoms with Gasteiger partial charge in [0.05, 0.1) is 17.4 Å². The Hall–Kier alpha value is -2.61. The number of nitrogens with zero attached hydrogens (tertiary/aromatic N) is 2. The van der Waals surface area contributed by atoms with Crippen LogP contribution >= 0.6 is 0 Å². The molecule has 0 saturated carbocycles. The van der Waals surface area contributed by atoms with Gasteiger partial charge >= 0.3 is 0 Å². The van der Waals surface area contributed by atoms with E-state index in [9.17, 15) is 4.39 Å². The highest BCUT2D eigenvalue weighted by molar-refractivity contribution is 5.65. The number of hydrogen-bond acceptors (Lipinski definition) is 4. The maximum atomic E-state index is 13.4. The number of aromatic nitrogens is 1. The van der Waals surface area contributed by atoms with Crippen LogP contribution in [0.2, 0.25) is 0 Å². The summed E-state index contributed by atoms with van der Waals surface area (Å²) in [6, 6.07) is 8.23. The third kappa shape index (κ3) is 2.38. The number of rotatable bonds is 2. The molecule has 0 aliphatic heterocycles. The minimum atomic E-state index is -0.311. The Morgan fingerprint density at radius 3 is 2.83 bits per heavy atom. The molecule has 0 aliphatic rings. The molecular formula is C13H11FN4. The van der Waals surface area contributed by atoms with Crippen molar-refractivity contribution >= 4 is 17.2 Å². The van der Waals surface area contributed by atoms with Gasteiger partial charge in [-0.15, -0.1) is 0 Å². The molecule has 0 unspecified atom stereocenters. The van der Waals surface area contributed by atoms with Crippen molar-refractivity contribution in [1.82, 2.24) is 4.98 Å². The Balaban J connectivity index is 2.34. The molecule has 0 radical (unpaired) electrons. The number of pyridine rings is 1. The monoisotopic (exact) mass is 242 g/mol. The van der Waals surface area contributed by atoms with Crippen LogP contribution < -0.4 is 11.1 Å². The zero-order valence-corrected chi connectivity index (χ0v) is 9.74. The second kappa shape index (κ2) is 4.72. The minimum Gasteiger partial charge on any atom is -0.397 e. The van der Waals surface area contributed by atoms with E-state index >= 15 is 0 Å². The maximum absolute atomic E-state index is 13.4. The van der Waals surface area contributed by atoms with E-state index in [1.807, 2.05) is 6.07 Å². The number of anilines is 3. The molecule has 4 nitrogen and oxygen atoms in total. The van der Waals surface area contributed by atoms with Gasteiger partial charge in [-0.05, 0) is 30.7 Å². The molecule has 3 N–H and O–H groups in total. The standard InChI is InChI=1S/C13H11FN4/c1-8-2-3-11(5-12(8)14)18-13-9(6-15)4-10(16)7-17-13/h2-5,7H,16H2,1H3,(H,17,18). The van der Waals surface area contributed by atoms with Gasteiger partial charge in [0.25, 0.3) is 0 Å². The lowest BCUT2D eigenvalue weighted by molar-refractivity contribution is 0.619. The summed E-state index contributed by atoms with van der Waals surface area (Å²) in [5.41, 5.74) is 7.36. The van der Waals surface area contributed by atoms with Crippen molar-refractivity contribution < 1.29 is 4.39 Å². The number of nitriles is 1. The van der Waals surface area contributed by atoms with Crippen molar-refractivity contribution in [1.29, 1.82) is 5.26 Å².